The van der Waals surface area contributed by atoms with Crippen molar-refractivity contribution in [2.75, 3.05) is 0 Å². The van der Waals surface area contributed by atoms with Crippen LogP contribution >= 0.6 is 0 Å². The average Bonchev–Trinajstić information content (AvgIpc) is 3.06. The number of rotatable bonds is 5. The zero-order valence-corrected chi connectivity index (χ0v) is 13.4. The summed E-state index contributed by atoms with van der Waals surface area (Å²) in [4.78, 5) is 16.8. The molecular formula is C18H16FN3O3. The minimum Gasteiger partial charge on any atom is -0.385 e. The molecule has 25 heavy (non-hydrogen) atoms. The summed E-state index contributed by atoms with van der Waals surface area (Å²) in [5, 5.41) is 16.5. The first kappa shape index (κ1) is 16.8. The first-order valence-corrected chi connectivity index (χ1v) is 7.68. The summed E-state index contributed by atoms with van der Waals surface area (Å²) in [5.74, 6) is -0.802. The van der Waals surface area contributed by atoms with Gasteiger partial charge in [0, 0.05) is 11.8 Å². The molecule has 1 unspecified atom stereocenters. The second-order valence-electron chi connectivity index (χ2n) is 5.46. The topological polar surface area (TPSA) is 88.2 Å². The molecule has 6 nitrogen and oxygen atoms in total. The van der Waals surface area contributed by atoms with Gasteiger partial charge in [0.2, 0.25) is 0 Å². The highest BCUT2D eigenvalue weighted by molar-refractivity contribution is 6.00. The maximum atomic E-state index is 13.1. The van der Waals surface area contributed by atoms with E-state index in [9.17, 15) is 14.3 Å². The largest absolute Gasteiger partial charge is 0.385 e. The van der Waals surface area contributed by atoms with Crippen LogP contribution in [0.1, 0.15) is 34.8 Å². The Morgan fingerprint density at radius 1 is 1.28 bits per heavy atom. The smallest absolute Gasteiger partial charge is 0.257 e. The number of amides is 1. The molecule has 0 aliphatic heterocycles. The monoisotopic (exact) mass is 341 g/mol. The molecular weight excluding hydrogens is 325 g/mol. The first-order valence-electron chi connectivity index (χ1n) is 7.68. The number of hydrogen-bond donors (Lipinski definition) is 2. The molecule has 3 aromatic rings. The molecule has 1 amide bonds. The quantitative estimate of drug-likeness (QED) is 0.745. The van der Waals surface area contributed by atoms with Crippen LogP contribution in [0.3, 0.4) is 0 Å². The highest BCUT2D eigenvalue weighted by atomic mass is 19.1. The average molecular weight is 341 g/mol. The predicted octanol–water partition coefficient (Wildman–Crippen LogP) is 2.86. The van der Waals surface area contributed by atoms with Crippen LogP contribution in [0.4, 0.5) is 4.39 Å². The highest BCUT2D eigenvalue weighted by Gasteiger charge is 2.26. The van der Waals surface area contributed by atoms with Gasteiger partial charge in [-0.2, -0.15) is 0 Å². The minimum absolute atomic E-state index is 0.0536. The van der Waals surface area contributed by atoms with E-state index < -0.39 is 17.8 Å². The van der Waals surface area contributed by atoms with Gasteiger partial charge in [-0.25, -0.2) is 4.39 Å². The number of aliphatic hydroxyl groups is 1. The van der Waals surface area contributed by atoms with Crippen molar-refractivity contribution < 1.29 is 18.8 Å². The Labute approximate surface area is 143 Å². The van der Waals surface area contributed by atoms with Crippen molar-refractivity contribution in [1.82, 2.24) is 15.5 Å². The van der Waals surface area contributed by atoms with E-state index in [0.29, 0.717) is 11.3 Å². The summed E-state index contributed by atoms with van der Waals surface area (Å²) in [7, 11) is 0. The Morgan fingerprint density at radius 2 is 2.04 bits per heavy atom. The second kappa shape index (κ2) is 7.23. The molecule has 0 bridgehead atoms. The van der Waals surface area contributed by atoms with Crippen molar-refractivity contribution in [2.24, 2.45) is 0 Å². The normalized spacial score (nSPS) is 12.0. The third-order valence-corrected chi connectivity index (χ3v) is 3.60. The molecule has 128 valence electrons. The molecule has 0 saturated carbocycles. The fourth-order valence-corrected chi connectivity index (χ4v) is 2.37. The summed E-state index contributed by atoms with van der Waals surface area (Å²) in [6, 6.07) is 10.9. The van der Waals surface area contributed by atoms with Crippen molar-refractivity contribution in [1.29, 1.82) is 0 Å². The maximum Gasteiger partial charge on any atom is 0.257 e. The van der Waals surface area contributed by atoms with Gasteiger partial charge in [-0.3, -0.25) is 9.78 Å². The number of nitrogens with zero attached hydrogens (tertiary/aromatic N) is 2. The first-order chi connectivity index (χ1) is 12.1. The van der Waals surface area contributed by atoms with Crippen molar-refractivity contribution in [3.05, 3.63) is 71.5 Å². The van der Waals surface area contributed by atoms with Crippen molar-refractivity contribution in [3.63, 3.8) is 0 Å². The molecule has 0 fully saturated rings. The molecule has 0 spiro atoms. The lowest BCUT2D eigenvalue weighted by atomic mass is 10.0. The van der Waals surface area contributed by atoms with Crippen molar-refractivity contribution >= 4 is 5.91 Å². The third-order valence-electron chi connectivity index (χ3n) is 3.60. The van der Waals surface area contributed by atoms with E-state index in [1.54, 1.807) is 18.3 Å². The standard InChI is InChI=1S/C18H16FN3O3/c1-11(23)17-15(18(24)21-10-14-4-2-3-9-20-14)16(22-25-17)12-5-7-13(19)8-6-12/h2-9,11,23H,10H2,1H3,(H,21,24). The van der Waals surface area contributed by atoms with Crippen molar-refractivity contribution in [3.8, 4) is 11.3 Å². The van der Waals surface area contributed by atoms with Crippen LogP contribution in [-0.2, 0) is 6.54 Å². The number of nitrogens with one attached hydrogen (secondary N) is 1. The lowest BCUT2D eigenvalue weighted by molar-refractivity contribution is 0.0937. The fraction of sp³-hybridized carbons (Fsp3) is 0.167. The Balaban J connectivity index is 1.91. The van der Waals surface area contributed by atoms with E-state index in [2.05, 4.69) is 15.5 Å². The summed E-state index contributed by atoms with van der Waals surface area (Å²) in [5.41, 5.74) is 1.57. The van der Waals surface area contributed by atoms with Gasteiger partial charge in [-0.05, 0) is 43.3 Å². The Morgan fingerprint density at radius 3 is 2.68 bits per heavy atom. The maximum absolute atomic E-state index is 13.1. The lowest BCUT2D eigenvalue weighted by Crippen LogP contribution is -2.24. The summed E-state index contributed by atoms with van der Waals surface area (Å²) in [6.07, 6.45) is 0.615. The minimum atomic E-state index is -1.02. The molecule has 0 radical (unpaired) electrons. The van der Waals surface area contributed by atoms with Crippen LogP contribution in [0.25, 0.3) is 11.3 Å². The SMILES string of the molecule is CC(O)c1onc(-c2ccc(F)cc2)c1C(=O)NCc1ccccn1. The van der Waals surface area contributed by atoms with Crippen LogP contribution < -0.4 is 5.32 Å². The number of aromatic nitrogens is 2. The van der Waals surface area contributed by atoms with E-state index >= 15 is 0 Å². The van der Waals surface area contributed by atoms with Crippen molar-refractivity contribution in [2.45, 2.75) is 19.6 Å². The molecule has 7 heteroatoms. The molecule has 2 N–H and O–H groups in total. The van der Waals surface area contributed by atoms with E-state index in [0.717, 1.165) is 0 Å². The number of benzene rings is 1. The van der Waals surface area contributed by atoms with Gasteiger partial charge < -0.3 is 14.9 Å². The number of pyridine rings is 1. The van der Waals surface area contributed by atoms with Crippen LogP contribution in [0.2, 0.25) is 0 Å². The molecule has 1 aromatic carbocycles. The van der Waals surface area contributed by atoms with E-state index in [4.69, 9.17) is 4.52 Å². The predicted molar refractivity (Wildman–Crippen MR) is 87.9 cm³/mol. The number of aliphatic hydroxyl groups excluding tert-OH is 1. The van der Waals surface area contributed by atoms with Gasteiger partial charge in [0.15, 0.2) is 5.76 Å². The lowest BCUT2D eigenvalue weighted by Gasteiger charge is -2.07. The van der Waals surface area contributed by atoms with Gasteiger partial charge in [-0.15, -0.1) is 0 Å². The van der Waals surface area contributed by atoms with Gasteiger partial charge in [0.1, 0.15) is 23.2 Å². The second-order valence-corrected chi connectivity index (χ2v) is 5.46. The fourth-order valence-electron chi connectivity index (χ4n) is 2.37. The number of halogens is 1. The Kier molecular flexibility index (Phi) is 4.85. The summed E-state index contributed by atoms with van der Waals surface area (Å²) < 4.78 is 18.3. The number of hydrogen-bond acceptors (Lipinski definition) is 5. The van der Waals surface area contributed by atoms with Gasteiger partial charge in [0.25, 0.3) is 5.91 Å². The summed E-state index contributed by atoms with van der Waals surface area (Å²) in [6.45, 7) is 1.69. The van der Waals surface area contributed by atoms with Crippen LogP contribution in [0.15, 0.2) is 53.2 Å². The Bertz CT molecular complexity index is 861. The Hall–Kier alpha value is -3.06. The van der Waals surface area contributed by atoms with Gasteiger partial charge in [0.05, 0.1) is 12.2 Å². The van der Waals surface area contributed by atoms with E-state index in [1.165, 1.54) is 31.2 Å². The molecule has 0 aliphatic rings. The van der Waals surface area contributed by atoms with Crippen LogP contribution in [0.5, 0.6) is 0 Å². The number of carbonyl (C=O) groups excluding carboxylic acids is 1. The molecule has 2 heterocycles. The van der Waals surface area contributed by atoms with E-state index in [1.807, 2.05) is 6.07 Å². The zero-order valence-electron chi connectivity index (χ0n) is 13.4. The molecule has 3 rings (SSSR count). The zero-order chi connectivity index (χ0) is 17.8. The van der Waals surface area contributed by atoms with Gasteiger partial charge >= 0.3 is 0 Å². The molecule has 2 aromatic heterocycles. The highest BCUT2D eigenvalue weighted by Crippen LogP contribution is 2.29. The molecule has 0 saturated heterocycles. The molecule has 0 aliphatic carbocycles. The van der Waals surface area contributed by atoms with Crippen LogP contribution in [-0.4, -0.2) is 21.2 Å². The third kappa shape index (κ3) is 3.72. The van der Waals surface area contributed by atoms with Gasteiger partial charge in [-0.1, -0.05) is 11.2 Å². The van der Waals surface area contributed by atoms with E-state index in [-0.39, 0.29) is 23.6 Å². The number of carbonyl (C=O) groups is 1. The van der Waals surface area contributed by atoms with Crippen LogP contribution in [0, 0.1) is 5.82 Å². The molecule has 1 atom stereocenters. The summed E-state index contributed by atoms with van der Waals surface area (Å²) >= 11 is 0.